The summed E-state index contributed by atoms with van der Waals surface area (Å²) < 4.78 is 36.5. The average molecular weight is 434 g/mol. The Morgan fingerprint density at radius 3 is 2.00 bits per heavy atom. The SMILES string of the molecule is CCOc1ccc(/C=N\NC(=O)[C@@H](C)N(c2ccc(OCC)cc2)S(C)(=O)=O)cc1. The number of rotatable bonds is 10. The van der Waals surface area contributed by atoms with E-state index in [-0.39, 0.29) is 0 Å². The number of sulfonamides is 1. The van der Waals surface area contributed by atoms with Crippen LogP contribution >= 0.6 is 0 Å². The molecule has 0 heterocycles. The summed E-state index contributed by atoms with van der Waals surface area (Å²) in [4.78, 5) is 12.5. The Hall–Kier alpha value is -3.07. The highest BCUT2D eigenvalue weighted by atomic mass is 32.2. The highest BCUT2D eigenvalue weighted by Crippen LogP contribution is 2.24. The van der Waals surface area contributed by atoms with Gasteiger partial charge in [0.05, 0.1) is 31.4 Å². The number of amides is 1. The lowest BCUT2D eigenvalue weighted by Gasteiger charge is -2.27. The molecule has 0 bridgehead atoms. The van der Waals surface area contributed by atoms with Crippen LogP contribution in [-0.2, 0) is 14.8 Å². The van der Waals surface area contributed by atoms with Gasteiger partial charge >= 0.3 is 0 Å². The number of carbonyl (C=O) groups is 1. The molecule has 2 rings (SSSR count). The van der Waals surface area contributed by atoms with E-state index in [1.54, 1.807) is 48.5 Å². The summed E-state index contributed by atoms with van der Waals surface area (Å²) in [5.41, 5.74) is 3.52. The van der Waals surface area contributed by atoms with E-state index in [9.17, 15) is 13.2 Å². The second-order valence-electron chi connectivity index (χ2n) is 6.40. The summed E-state index contributed by atoms with van der Waals surface area (Å²) in [7, 11) is -3.71. The van der Waals surface area contributed by atoms with Gasteiger partial charge in [-0.05, 0) is 74.9 Å². The van der Waals surface area contributed by atoms with Crippen LogP contribution in [0, 0.1) is 0 Å². The zero-order valence-electron chi connectivity index (χ0n) is 17.5. The van der Waals surface area contributed by atoms with Crippen LogP contribution in [-0.4, -0.2) is 46.1 Å². The number of benzene rings is 2. The van der Waals surface area contributed by atoms with E-state index in [2.05, 4.69) is 10.5 Å². The molecule has 0 aliphatic rings. The number of carbonyl (C=O) groups excluding carboxylic acids is 1. The van der Waals surface area contributed by atoms with Gasteiger partial charge in [-0.2, -0.15) is 5.10 Å². The lowest BCUT2D eigenvalue weighted by molar-refractivity contribution is -0.121. The fraction of sp³-hybridized carbons (Fsp3) is 0.333. The Morgan fingerprint density at radius 2 is 1.53 bits per heavy atom. The van der Waals surface area contributed by atoms with Crippen LogP contribution in [0.15, 0.2) is 53.6 Å². The molecule has 0 fully saturated rings. The maximum Gasteiger partial charge on any atom is 0.263 e. The minimum Gasteiger partial charge on any atom is -0.494 e. The number of ether oxygens (including phenoxy) is 2. The zero-order valence-corrected chi connectivity index (χ0v) is 18.3. The Balaban J connectivity index is 2.09. The molecular formula is C21H27N3O5S. The lowest BCUT2D eigenvalue weighted by atomic mass is 10.2. The number of hydrazone groups is 1. The topological polar surface area (TPSA) is 97.3 Å². The number of hydrogen-bond acceptors (Lipinski definition) is 6. The van der Waals surface area contributed by atoms with Crippen molar-refractivity contribution in [2.75, 3.05) is 23.8 Å². The van der Waals surface area contributed by atoms with Crippen LogP contribution in [0.25, 0.3) is 0 Å². The average Bonchev–Trinajstić information content (AvgIpc) is 2.70. The summed E-state index contributed by atoms with van der Waals surface area (Å²) >= 11 is 0. The minimum atomic E-state index is -3.71. The highest BCUT2D eigenvalue weighted by Gasteiger charge is 2.29. The van der Waals surface area contributed by atoms with E-state index < -0.39 is 22.0 Å². The third-order valence-electron chi connectivity index (χ3n) is 4.07. The van der Waals surface area contributed by atoms with Crippen LogP contribution in [0.2, 0.25) is 0 Å². The Kier molecular flexibility index (Phi) is 8.23. The Labute approximate surface area is 177 Å². The fourth-order valence-corrected chi connectivity index (χ4v) is 3.92. The first kappa shape index (κ1) is 23.2. The van der Waals surface area contributed by atoms with Gasteiger partial charge in [-0.1, -0.05) is 0 Å². The van der Waals surface area contributed by atoms with Crippen molar-refractivity contribution in [2.24, 2.45) is 5.10 Å². The Morgan fingerprint density at radius 1 is 1.03 bits per heavy atom. The summed E-state index contributed by atoms with van der Waals surface area (Å²) in [6.45, 7) is 6.34. The van der Waals surface area contributed by atoms with Gasteiger partial charge in [0.1, 0.15) is 17.5 Å². The molecule has 0 aromatic heterocycles. The number of anilines is 1. The number of nitrogens with zero attached hydrogens (tertiary/aromatic N) is 2. The smallest absolute Gasteiger partial charge is 0.263 e. The van der Waals surface area contributed by atoms with Crippen LogP contribution in [0.1, 0.15) is 26.3 Å². The van der Waals surface area contributed by atoms with Crippen LogP contribution in [0.5, 0.6) is 11.5 Å². The van der Waals surface area contributed by atoms with Crippen molar-refractivity contribution in [2.45, 2.75) is 26.8 Å². The fourth-order valence-electron chi connectivity index (χ4n) is 2.75. The molecule has 2 aromatic rings. The standard InChI is InChI=1S/C21H27N3O5S/c1-5-28-19-11-7-17(8-12-19)15-22-23-21(25)16(3)24(30(4,26)27)18-9-13-20(14-10-18)29-6-2/h7-16H,5-6H2,1-4H3,(H,23,25)/b22-15-/t16-/m1/s1. The van der Waals surface area contributed by atoms with Crippen molar-refractivity contribution >= 4 is 27.8 Å². The number of nitrogens with one attached hydrogen (secondary N) is 1. The molecule has 0 aliphatic carbocycles. The van der Waals surface area contributed by atoms with Gasteiger partial charge in [0.2, 0.25) is 10.0 Å². The minimum absolute atomic E-state index is 0.360. The monoisotopic (exact) mass is 433 g/mol. The second kappa shape index (κ2) is 10.6. The summed E-state index contributed by atoms with van der Waals surface area (Å²) in [5.74, 6) is 0.801. The molecule has 1 N–H and O–H groups in total. The third kappa shape index (κ3) is 6.48. The van der Waals surface area contributed by atoms with Crippen LogP contribution in [0.4, 0.5) is 5.69 Å². The largest absolute Gasteiger partial charge is 0.494 e. The van der Waals surface area contributed by atoms with Crippen molar-refractivity contribution in [3.8, 4) is 11.5 Å². The quantitative estimate of drug-likeness (QED) is 0.459. The summed E-state index contributed by atoms with van der Waals surface area (Å²) in [6.07, 6.45) is 2.53. The van der Waals surface area contributed by atoms with Crippen molar-refractivity contribution in [1.82, 2.24) is 5.43 Å². The van der Waals surface area contributed by atoms with Crippen molar-refractivity contribution in [3.63, 3.8) is 0 Å². The van der Waals surface area contributed by atoms with Gasteiger partial charge in [0.25, 0.3) is 5.91 Å². The van der Waals surface area contributed by atoms with Crippen molar-refractivity contribution in [3.05, 3.63) is 54.1 Å². The maximum atomic E-state index is 12.5. The molecule has 8 nitrogen and oxygen atoms in total. The van der Waals surface area contributed by atoms with Gasteiger partial charge in [-0.15, -0.1) is 0 Å². The van der Waals surface area contributed by atoms with E-state index in [4.69, 9.17) is 9.47 Å². The van der Waals surface area contributed by atoms with E-state index in [1.807, 2.05) is 13.8 Å². The molecule has 0 spiro atoms. The number of hydrogen-bond donors (Lipinski definition) is 1. The van der Waals surface area contributed by atoms with Gasteiger partial charge in [-0.25, -0.2) is 13.8 Å². The molecule has 2 aromatic carbocycles. The van der Waals surface area contributed by atoms with E-state index in [0.29, 0.717) is 24.7 Å². The molecule has 0 saturated heterocycles. The summed E-state index contributed by atoms with van der Waals surface area (Å²) in [5, 5.41) is 3.93. The maximum absolute atomic E-state index is 12.5. The van der Waals surface area contributed by atoms with Crippen molar-refractivity contribution in [1.29, 1.82) is 0 Å². The first-order valence-electron chi connectivity index (χ1n) is 9.54. The molecule has 0 aliphatic heterocycles. The van der Waals surface area contributed by atoms with E-state index >= 15 is 0 Å². The second-order valence-corrected chi connectivity index (χ2v) is 8.26. The van der Waals surface area contributed by atoms with E-state index in [0.717, 1.165) is 21.9 Å². The molecule has 0 unspecified atom stereocenters. The van der Waals surface area contributed by atoms with Crippen LogP contribution < -0.4 is 19.2 Å². The lowest BCUT2D eigenvalue weighted by Crippen LogP contribution is -2.46. The first-order valence-corrected chi connectivity index (χ1v) is 11.4. The van der Waals surface area contributed by atoms with Crippen molar-refractivity contribution < 1.29 is 22.7 Å². The summed E-state index contributed by atoms with van der Waals surface area (Å²) in [6, 6.07) is 12.7. The zero-order chi connectivity index (χ0) is 22.1. The van der Waals surface area contributed by atoms with Gasteiger partial charge in [0.15, 0.2) is 0 Å². The third-order valence-corrected chi connectivity index (χ3v) is 5.31. The normalized spacial score (nSPS) is 12.4. The predicted octanol–water partition coefficient (Wildman–Crippen LogP) is 2.79. The van der Waals surface area contributed by atoms with Gasteiger partial charge in [0, 0.05) is 0 Å². The molecule has 1 atom stereocenters. The molecule has 0 saturated carbocycles. The molecule has 0 radical (unpaired) electrons. The van der Waals surface area contributed by atoms with E-state index in [1.165, 1.54) is 13.1 Å². The molecule has 162 valence electrons. The highest BCUT2D eigenvalue weighted by molar-refractivity contribution is 7.92. The molecule has 1 amide bonds. The van der Waals surface area contributed by atoms with Crippen LogP contribution in [0.3, 0.4) is 0 Å². The predicted molar refractivity (Wildman–Crippen MR) is 118 cm³/mol. The molecular weight excluding hydrogens is 406 g/mol. The first-order chi connectivity index (χ1) is 14.3. The van der Waals surface area contributed by atoms with Gasteiger partial charge < -0.3 is 9.47 Å². The molecule has 30 heavy (non-hydrogen) atoms. The Bertz CT molecular complexity index is 957. The molecule has 9 heteroatoms. The van der Waals surface area contributed by atoms with Gasteiger partial charge in [-0.3, -0.25) is 9.10 Å².